The molecule has 0 heterocycles. The lowest BCUT2D eigenvalue weighted by atomic mass is 9.47. The molecule has 0 aliphatic heterocycles. The lowest BCUT2D eigenvalue weighted by molar-refractivity contribution is -0.0526. The van der Waals surface area contributed by atoms with E-state index in [0.29, 0.717) is 34.8 Å². The third-order valence-electron chi connectivity index (χ3n) is 13.4. The van der Waals surface area contributed by atoms with E-state index >= 15 is 0 Å². The predicted octanol–water partition coefficient (Wildman–Crippen LogP) is 11.6. The largest absolute Gasteiger partial charge is 0.490 e. The number of unbranched alkanes of at least 4 members (excludes halogenated alkanes) is 3. The maximum absolute atomic E-state index is 12.4. The number of rotatable bonds is 13. The molecule has 0 spiro atoms. The van der Waals surface area contributed by atoms with Gasteiger partial charge >= 0.3 is 5.97 Å². The first-order valence-electron chi connectivity index (χ1n) is 18.9. The van der Waals surface area contributed by atoms with Gasteiger partial charge < -0.3 is 9.47 Å². The fraction of sp³-hybridized carbons (Fsp3) is 0.738. The predicted molar refractivity (Wildman–Crippen MR) is 187 cm³/mol. The SMILES string of the molecule is CCCCCCOC(=O)c1ccc(O[C@H]2CC[C@@]3(C)C(=CC[C@H]4[C@@H]5CC[C@H]([C@H](C)C=C[C@@H](CC)C(C)C)[C@@]5(C)CC[C@@H]43)C2)cc1. The average Bonchev–Trinajstić information content (AvgIpc) is 3.39. The van der Waals surface area contributed by atoms with Crippen LogP contribution in [0.25, 0.3) is 0 Å². The number of hydrogen-bond acceptors (Lipinski definition) is 3. The molecule has 0 aromatic heterocycles. The fourth-order valence-electron chi connectivity index (χ4n) is 10.6. The molecule has 0 amide bonds. The minimum atomic E-state index is -0.229. The number of fused-ring (bicyclic) bond motifs is 5. The van der Waals surface area contributed by atoms with Crippen molar-refractivity contribution >= 4 is 5.97 Å². The lowest BCUT2D eigenvalue weighted by Gasteiger charge is -2.58. The molecular weight excluding hydrogens is 552 g/mol. The minimum absolute atomic E-state index is 0.215. The molecule has 45 heavy (non-hydrogen) atoms. The molecule has 0 unspecified atom stereocenters. The van der Waals surface area contributed by atoms with E-state index in [2.05, 4.69) is 66.7 Å². The van der Waals surface area contributed by atoms with Gasteiger partial charge in [-0.25, -0.2) is 4.79 Å². The first kappa shape index (κ1) is 34.3. The van der Waals surface area contributed by atoms with Crippen LogP contribution in [0.1, 0.15) is 142 Å². The van der Waals surface area contributed by atoms with Gasteiger partial charge in [0, 0.05) is 6.42 Å². The summed E-state index contributed by atoms with van der Waals surface area (Å²) in [6, 6.07) is 7.62. The van der Waals surface area contributed by atoms with Crippen molar-refractivity contribution in [2.75, 3.05) is 6.61 Å². The second-order valence-corrected chi connectivity index (χ2v) is 16.3. The zero-order chi connectivity index (χ0) is 32.2. The van der Waals surface area contributed by atoms with Crippen molar-refractivity contribution in [3.05, 3.63) is 53.6 Å². The second-order valence-electron chi connectivity index (χ2n) is 16.3. The van der Waals surface area contributed by atoms with Crippen molar-refractivity contribution in [1.29, 1.82) is 0 Å². The number of ether oxygens (including phenoxy) is 2. The second kappa shape index (κ2) is 14.8. The average molecular weight is 617 g/mol. The normalized spacial score (nSPS) is 34.0. The molecule has 0 radical (unpaired) electrons. The standard InChI is InChI=1S/C42H64O3/c1-8-10-11-12-27-44-40(43)32-15-18-34(19-16-32)45-35-23-25-41(6)33(28-35)17-20-36-38-22-21-37(42(38,7)26-24-39(36)41)30(5)13-14-31(9-2)29(3)4/h13-19,29-31,35-39H,8-12,20-28H2,1-7H3/t30-,31-,35+,36+,37-,38+,39+,41+,42-/m1/s1. The zero-order valence-corrected chi connectivity index (χ0v) is 29.8. The van der Waals surface area contributed by atoms with E-state index in [0.717, 1.165) is 61.0 Å². The summed E-state index contributed by atoms with van der Waals surface area (Å²) in [6.07, 6.45) is 24.0. The Balaban J connectivity index is 1.18. The van der Waals surface area contributed by atoms with Crippen LogP contribution in [0.15, 0.2) is 48.1 Å². The summed E-state index contributed by atoms with van der Waals surface area (Å²) in [6.45, 7) is 17.6. The van der Waals surface area contributed by atoms with Crippen molar-refractivity contribution in [2.45, 2.75) is 138 Å². The van der Waals surface area contributed by atoms with Gasteiger partial charge in [0.2, 0.25) is 0 Å². The third-order valence-corrected chi connectivity index (χ3v) is 13.4. The molecule has 3 nitrogen and oxygen atoms in total. The Hall–Kier alpha value is -2.03. The van der Waals surface area contributed by atoms with E-state index in [1.165, 1.54) is 57.8 Å². The monoisotopic (exact) mass is 616 g/mol. The number of carbonyl (C=O) groups is 1. The van der Waals surface area contributed by atoms with Crippen LogP contribution in [0.4, 0.5) is 0 Å². The first-order chi connectivity index (χ1) is 21.6. The molecule has 4 aliphatic carbocycles. The van der Waals surface area contributed by atoms with Crippen molar-refractivity contribution in [3.63, 3.8) is 0 Å². The van der Waals surface area contributed by atoms with Gasteiger partial charge in [-0.15, -0.1) is 0 Å². The molecule has 1 aromatic rings. The molecule has 4 aliphatic rings. The van der Waals surface area contributed by atoms with Gasteiger partial charge in [-0.1, -0.05) is 91.5 Å². The van der Waals surface area contributed by atoms with E-state index in [1.54, 1.807) is 5.57 Å². The third kappa shape index (κ3) is 7.28. The highest BCUT2D eigenvalue weighted by Gasteiger charge is 2.59. The summed E-state index contributed by atoms with van der Waals surface area (Å²) in [5, 5.41) is 0. The van der Waals surface area contributed by atoms with Crippen molar-refractivity contribution in [3.8, 4) is 5.75 Å². The molecule has 250 valence electrons. The van der Waals surface area contributed by atoms with Crippen LogP contribution in [-0.2, 0) is 4.74 Å². The van der Waals surface area contributed by atoms with Gasteiger partial charge in [-0.2, -0.15) is 0 Å². The summed E-state index contributed by atoms with van der Waals surface area (Å²) in [4.78, 5) is 12.4. The summed E-state index contributed by atoms with van der Waals surface area (Å²) in [5.74, 6) is 6.11. The Bertz CT molecular complexity index is 1180. The lowest BCUT2D eigenvalue weighted by Crippen LogP contribution is -2.51. The fourth-order valence-corrected chi connectivity index (χ4v) is 10.6. The van der Waals surface area contributed by atoms with E-state index in [-0.39, 0.29) is 12.1 Å². The van der Waals surface area contributed by atoms with Crippen LogP contribution < -0.4 is 4.74 Å². The maximum Gasteiger partial charge on any atom is 0.338 e. The smallest absolute Gasteiger partial charge is 0.338 e. The Morgan fingerprint density at radius 1 is 0.933 bits per heavy atom. The number of allylic oxidation sites excluding steroid dienone is 3. The Kier molecular flexibility index (Phi) is 11.3. The molecule has 0 N–H and O–H groups in total. The maximum atomic E-state index is 12.4. The highest BCUT2D eigenvalue weighted by Crippen LogP contribution is 2.67. The van der Waals surface area contributed by atoms with Crippen molar-refractivity contribution in [1.82, 2.24) is 0 Å². The van der Waals surface area contributed by atoms with Crippen LogP contribution in [-0.4, -0.2) is 18.7 Å². The molecular formula is C42H64O3. The van der Waals surface area contributed by atoms with Gasteiger partial charge in [0.15, 0.2) is 0 Å². The van der Waals surface area contributed by atoms with E-state index in [1.807, 2.05) is 24.3 Å². The Morgan fingerprint density at radius 2 is 1.71 bits per heavy atom. The molecule has 9 atom stereocenters. The molecule has 3 saturated carbocycles. The van der Waals surface area contributed by atoms with E-state index in [9.17, 15) is 4.79 Å². The summed E-state index contributed by atoms with van der Waals surface area (Å²) < 4.78 is 12.0. The van der Waals surface area contributed by atoms with Crippen LogP contribution in [0.2, 0.25) is 0 Å². The van der Waals surface area contributed by atoms with Gasteiger partial charge in [-0.05, 0) is 134 Å². The highest BCUT2D eigenvalue weighted by atomic mass is 16.5. The van der Waals surface area contributed by atoms with Gasteiger partial charge in [0.25, 0.3) is 0 Å². The van der Waals surface area contributed by atoms with Crippen LogP contribution in [0.5, 0.6) is 5.75 Å². The number of esters is 1. The summed E-state index contributed by atoms with van der Waals surface area (Å²) in [5.41, 5.74) is 3.08. The molecule has 5 rings (SSSR count). The molecule has 1 aromatic carbocycles. The van der Waals surface area contributed by atoms with E-state index in [4.69, 9.17) is 9.47 Å². The van der Waals surface area contributed by atoms with Crippen LogP contribution in [0.3, 0.4) is 0 Å². The summed E-state index contributed by atoms with van der Waals surface area (Å²) >= 11 is 0. The molecule has 0 saturated heterocycles. The van der Waals surface area contributed by atoms with Gasteiger partial charge in [-0.3, -0.25) is 0 Å². The van der Waals surface area contributed by atoms with Crippen LogP contribution >= 0.6 is 0 Å². The van der Waals surface area contributed by atoms with E-state index < -0.39 is 0 Å². The van der Waals surface area contributed by atoms with Gasteiger partial charge in [0.05, 0.1) is 12.2 Å². The van der Waals surface area contributed by atoms with Gasteiger partial charge in [0.1, 0.15) is 11.9 Å². The van der Waals surface area contributed by atoms with Crippen LogP contribution in [0, 0.1) is 52.3 Å². The highest BCUT2D eigenvalue weighted by molar-refractivity contribution is 5.89. The van der Waals surface area contributed by atoms with Crippen molar-refractivity contribution < 1.29 is 14.3 Å². The Morgan fingerprint density at radius 3 is 2.42 bits per heavy atom. The molecule has 3 heteroatoms. The molecule has 3 fully saturated rings. The first-order valence-corrected chi connectivity index (χ1v) is 18.9. The Labute approximate surface area is 276 Å². The molecule has 0 bridgehead atoms. The number of hydrogen-bond donors (Lipinski definition) is 0. The number of benzene rings is 1. The summed E-state index contributed by atoms with van der Waals surface area (Å²) in [7, 11) is 0. The number of carbonyl (C=O) groups excluding carboxylic acids is 1. The topological polar surface area (TPSA) is 35.5 Å². The minimum Gasteiger partial charge on any atom is -0.490 e. The van der Waals surface area contributed by atoms with Crippen molar-refractivity contribution in [2.24, 2.45) is 52.3 Å². The zero-order valence-electron chi connectivity index (χ0n) is 29.8. The quantitative estimate of drug-likeness (QED) is 0.126.